The van der Waals surface area contributed by atoms with E-state index in [-0.39, 0.29) is 31.1 Å². The van der Waals surface area contributed by atoms with Gasteiger partial charge in [0, 0.05) is 19.3 Å². The molecule has 0 radical (unpaired) electrons. The number of unbranched alkanes of at least 4 members (excludes halogenated alkanes) is 27. The molecule has 1 atom stereocenters. The summed E-state index contributed by atoms with van der Waals surface area (Å²) in [5.41, 5.74) is 0. The Bertz CT molecular complexity index is 1520. The number of ether oxygens (including phenoxy) is 3. The molecule has 0 aliphatic heterocycles. The molecule has 428 valence electrons. The molecule has 0 N–H and O–H groups in total. The molecule has 0 aliphatic rings. The smallest absolute Gasteiger partial charge is 0.306 e. The number of carbonyl (C=O) groups excluding carboxylic acids is 3. The largest absolute Gasteiger partial charge is 0.462 e. The van der Waals surface area contributed by atoms with Gasteiger partial charge in [-0.1, -0.05) is 259 Å². The highest BCUT2D eigenvalue weighted by Crippen LogP contribution is 2.16. The molecular formula is C69H116O6. The summed E-state index contributed by atoms with van der Waals surface area (Å²) in [6.45, 7) is 6.39. The molecule has 0 bridgehead atoms. The highest BCUT2D eigenvalue weighted by Gasteiger charge is 2.19. The Kier molecular flexibility index (Phi) is 59.3. The second kappa shape index (κ2) is 62.6. The lowest BCUT2D eigenvalue weighted by Gasteiger charge is -2.18. The SMILES string of the molecule is CC/C=C\C/C=C\C/C=C\C/C=C\CCCCCCCCCCCCC(=O)OCC(COC(=O)CCCC/C=C\C/C=C\C/C=C\C/C=C\CC)OC(=O)CCCCCCCCCCC/C=C\CCCCCCCC. The van der Waals surface area contributed by atoms with E-state index < -0.39 is 6.10 Å². The van der Waals surface area contributed by atoms with E-state index in [1.165, 1.54) is 141 Å². The number of hydrogen-bond donors (Lipinski definition) is 0. The van der Waals surface area contributed by atoms with E-state index >= 15 is 0 Å². The monoisotopic (exact) mass is 1040 g/mol. The minimum absolute atomic E-state index is 0.0946. The van der Waals surface area contributed by atoms with E-state index in [1.807, 2.05) is 0 Å². The fourth-order valence-electron chi connectivity index (χ4n) is 8.60. The Morgan fingerprint density at radius 1 is 0.280 bits per heavy atom. The summed E-state index contributed by atoms with van der Waals surface area (Å²) >= 11 is 0. The topological polar surface area (TPSA) is 78.9 Å². The van der Waals surface area contributed by atoms with Crippen LogP contribution in [-0.4, -0.2) is 37.2 Å². The second-order valence-electron chi connectivity index (χ2n) is 20.5. The first-order valence-electron chi connectivity index (χ1n) is 31.4. The first-order chi connectivity index (χ1) is 37.0. The fraction of sp³-hybridized carbons (Fsp3) is 0.696. The number of rotatable bonds is 56. The Labute approximate surface area is 463 Å². The van der Waals surface area contributed by atoms with Gasteiger partial charge in [-0.15, -0.1) is 0 Å². The first kappa shape index (κ1) is 71.1. The van der Waals surface area contributed by atoms with E-state index in [2.05, 4.69) is 130 Å². The van der Waals surface area contributed by atoms with Crippen molar-refractivity contribution in [2.24, 2.45) is 0 Å². The molecule has 0 aliphatic carbocycles. The summed E-state index contributed by atoms with van der Waals surface area (Å²) in [6, 6.07) is 0. The van der Waals surface area contributed by atoms with Gasteiger partial charge >= 0.3 is 17.9 Å². The molecule has 0 heterocycles. The van der Waals surface area contributed by atoms with Gasteiger partial charge in [0.15, 0.2) is 6.10 Å². The van der Waals surface area contributed by atoms with E-state index in [0.717, 1.165) is 109 Å². The van der Waals surface area contributed by atoms with Gasteiger partial charge in [-0.25, -0.2) is 0 Å². The van der Waals surface area contributed by atoms with Gasteiger partial charge in [-0.05, 0) is 122 Å². The zero-order chi connectivity index (χ0) is 54.3. The molecule has 0 saturated heterocycles. The molecular weight excluding hydrogens is 925 g/mol. The Morgan fingerprint density at radius 2 is 0.520 bits per heavy atom. The summed E-state index contributed by atoms with van der Waals surface area (Å²) in [7, 11) is 0. The van der Waals surface area contributed by atoms with Crippen LogP contribution in [0.1, 0.15) is 290 Å². The second-order valence-corrected chi connectivity index (χ2v) is 20.5. The molecule has 0 aromatic carbocycles. The summed E-state index contributed by atoms with van der Waals surface area (Å²) in [5, 5.41) is 0. The Morgan fingerprint density at radius 3 is 0.853 bits per heavy atom. The molecule has 0 fully saturated rings. The Hall–Kier alpha value is -3.93. The molecule has 0 rings (SSSR count). The Balaban J connectivity index is 4.40. The van der Waals surface area contributed by atoms with E-state index in [0.29, 0.717) is 19.3 Å². The van der Waals surface area contributed by atoms with Gasteiger partial charge in [-0.3, -0.25) is 14.4 Å². The molecule has 0 saturated carbocycles. The van der Waals surface area contributed by atoms with Gasteiger partial charge in [-0.2, -0.15) is 0 Å². The lowest BCUT2D eigenvalue weighted by Crippen LogP contribution is -2.30. The number of carbonyl (C=O) groups is 3. The van der Waals surface area contributed by atoms with Crippen LogP contribution in [0.25, 0.3) is 0 Å². The third-order valence-electron chi connectivity index (χ3n) is 13.2. The molecule has 0 amide bonds. The average molecular weight is 1040 g/mol. The van der Waals surface area contributed by atoms with Crippen LogP contribution in [0.3, 0.4) is 0 Å². The molecule has 0 aromatic rings. The zero-order valence-corrected chi connectivity index (χ0v) is 49.0. The summed E-state index contributed by atoms with van der Waals surface area (Å²) in [6.07, 6.45) is 85.2. The lowest BCUT2D eigenvalue weighted by molar-refractivity contribution is -0.167. The maximum absolute atomic E-state index is 12.9. The van der Waals surface area contributed by atoms with Crippen LogP contribution in [0.2, 0.25) is 0 Å². The summed E-state index contributed by atoms with van der Waals surface area (Å²) < 4.78 is 16.9. The van der Waals surface area contributed by atoms with Crippen molar-refractivity contribution in [2.75, 3.05) is 13.2 Å². The highest BCUT2D eigenvalue weighted by molar-refractivity contribution is 5.71. The van der Waals surface area contributed by atoms with E-state index in [4.69, 9.17) is 14.2 Å². The molecule has 1 unspecified atom stereocenters. The fourth-order valence-corrected chi connectivity index (χ4v) is 8.60. The summed E-state index contributed by atoms with van der Waals surface area (Å²) in [5.74, 6) is -0.937. The maximum atomic E-state index is 12.9. The molecule has 75 heavy (non-hydrogen) atoms. The molecule has 6 heteroatoms. The van der Waals surface area contributed by atoms with Crippen LogP contribution >= 0.6 is 0 Å². The van der Waals surface area contributed by atoms with Gasteiger partial charge < -0.3 is 14.2 Å². The van der Waals surface area contributed by atoms with Crippen molar-refractivity contribution < 1.29 is 28.6 Å². The molecule has 6 nitrogen and oxygen atoms in total. The number of esters is 3. The van der Waals surface area contributed by atoms with Crippen LogP contribution in [0.15, 0.2) is 109 Å². The van der Waals surface area contributed by atoms with Crippen LogP contribution < -0.4 is 0 Å². The maximum Gasteiger partial charge on any atom is 0.306 e. The normalized spacial score (nSPS) is 12.8. The minimum Gasteiger partial charge on any atom is -0.462 e. The summed E-state index contributed by atoms with van der Waals surface area (Å²) in [4.78, 5) is 38.3. The van der Waals surface area contributed by atoms with Gasteiger partial charge in [0.25, 0.3) is 0 Å². The third-order valence-corrected chi connectivity index (χ3v) is 13.2. The van der Waals surface area contributed by atoms with Crippen LogP contribution in [-0.2, 0) is 28.6 Å². The van der Waals surface area contributed by atoms with Crippen molar-refractivity contribution in [3.8, 4) is 0 Å². The third kappa shape index (κ3) is 60.8. The lowest BCUT2D eigenvalue weighted by atomic mass is 10.1. The average Bonchev–Trinajstić information content (AvgIpc) is 3.41. The number of allylic oxidation sites excluding steroid dienone is 18. The first-order valence-corrected chi connectivity index (χ1v) is 31.4. The van der Waals surface area contributed by atoms with Crippen LogP contribution in [0.4, 0.5) is 0 Å². The molecule has 0 spiro atoms. The standard InChI is InChI=1S/C69H116O6/c1-4-7-10-13-16-19-22-25-28-30-32-33-34-35-37-38-41-44-47-50-53-56-59-62-68(71)74-65-66(64-73-67(70)61-58-55-52-49-46-43-40-27-24-21-18-15-12-9-6-3)75-69(72)63-60-57-54-51-48-45-42-39-36-31-29-26-23-20-17-14-11-8-5-2/h7,9-10,12,16,18-19,21,25-29,32-33,40,46,49,66H,4-6,8,11,13-15,17,20,22-24,30-31,34-39,41-45,47-48,50-65H2,1-3H3/b10-7-,12-9-,19-16-,21-18-,28-25-,29-26-,33-32-,40-27-,49-46-. The predicted molar refractivity (Wildman–Crippen MR) is 325 cm³/mol. The van der Waals surface area contributed by atoms with Crippen molar-refractivity contribution in [3.63, 3.8) is 0 Å². The van der Waals surface area contributed by atoms with Gasteiger partial charge in [0.05, 0.1) is 0 Å². The van der Waals surface area contributed by atoms with Crippen molar-refractivity contribution in [1.82, 2.24) is 0 Å². The van der Waals surface area contributed by atoms with Crippen molar-refractivity contribution in [3.05, 3.63) is 109 Å². The van der Waals surface area contributed by atoms with Crippen molar-refractivity contribution in [1.29, 1.82) is 0 Å². The van der Waals surface area contributed by atoms with Crippen LogP contribution in [0, 0.1) is 0 Å². The van der Waals surface area contributed by atoms with Crippen LogP contribution in [0.5, 0.6) is 0 Å². The quantitative estimate of drug-likeness (QED) is 0.0261. The minimum atomic E-state index is -0.801. The van der Waals surface area contributed by atoms with Gasteiger partial charge in [0.1, 0.15) is 13.2 Å². The predicted octanol–water partition coefficient (Wildman–Crippen LogP) is 21.4. The molecule has 0 aromatic heterocycles. The highest BCUT2D eigenvalue weighted by atomic mass is 16.6. The van der Waals surface area contributed by atoms with E-state index in [9.17, 15) is 14.4 Å². The van der Waals surface area contributed by atoms with Gasteiger partial charge in [0.2, 0.25) is 0 Å². The van der Waals surface area contributed by atoms with E-state index in [1.54, 1.807) is 0 Å². The van der Waals surface area contributed by atoms with Crippen molar-refractivity contribution >= 4 is 17.9 Å². The zero-order valence-electron chi connectivity index (χ0n) is 49.0. The number of hydrogen-bond acceptors (Lipinski definition) is 6. The van der Waals surface area contributed by atoms with Crippen molar-refractivity contribution in [2.45, 2.75) is 297 Å².